The summed E-state index contributed by atoms with van der Waals surface area (Å²) in [6, 6.07) is 7.53. The Balaban J connectivity index is 1.88. The van der Waals surface area contributed by atoms with Crippen molar-refractivity contribution in [3.63, 3.8) is 0 Å². The predicted octanol–water partition coefficient (Wildman–Crippen LogP) is 2.51. The summed E-state index contributed by atoms with van der Waals surface area (Å²) >= 11 is 3.38. The highest BCUT2D eigenvalue weighted by molar-refractivity contribution is 9.09. The molecule has 2 unspecified atom stereocenters. The number of amides is 1. The summed E-state index contributed by atoms with van der Waals surface area (Å²) in [4.78, 5) is 12.1. The van der Waals surface area contributed by atoms with Crippen LogP contribution >= 0.6 is 15.9 Å². The van der Waals surface area contributed by atoms with Gasteiger partial charge < -0.3 is 14.8 Å². The van der Waals surface area contributed by atoms with Crippen LogP contribution in [0.5, 0.6) is 11.5 Å². The summed E-state index contributed by atoms with van der Waals surface area (Å²) in [5.74, 6) is 1.21. The number of benzene rings is 1. The second-order valence-electron chi connectivity index (χ2n) is 4.61. The summed E-state index contributed by atoms with van der Waals surface area (Å²) in [6.07, 6.45) is 1.41. The Morgan fingerprint density at radius 3 is 2.95 bits per heavy atom. The number of hydrogen-bond acceptors (Lipinski definition) is 3. The molecule has 1 amide bonds. The molecule has 0 aliphatic carbocycles. The monoisotopic (exact) mass is 327 g/mol. The summed E-state index contributed by atoms with van der Waals surface area (Å²) in [7, 11) is 0. The van der Waals surface area contributed by atoms with E-state index < -0.39 is 6.10 Å². The van der Waals surface area contributed by atoms with Gasteiger partial charge in [0.1, 0.15) is 6.61 Å². The Morgan fingerprint density at radius 1 is 1.47 bits per heavy atom. The van der Waals surface area contributed by atoms with E-state index >= 15 is 0 Å². The lowest BCUT2D eigenvalue weighted by Gasteiger charge is -2.26. The molecule has 19 heavy (non-hydrogen) atoms. The van der Waals surface area contributed by atoms with Crippen molar-refractivity contribution in [1.82, 2.24) is 5.32 Å². The number of hydrogen-bond donors (Lipinski definition) is 1. The Labute approximate surface area is 121 Å². The molecule has 1 aromatic rings. The molecular weight excluding hydrogens is 310 g/mol. The van der Waals surface area contributed by atoms with Gasteiger partial charge in [-0.1, -0.05) is 28.1 Å². The van der Waals surface area contributed by atoms with Gasteiger partial charge in [-0.3, -0.25) is 4.79 Å². The maximum Gasteiger partial charge on any atom is 0.264 e. The lowest BCUT2D eigenvalue weighted by molar-refractivity contribution is -0.131. The van der Waals surface area contributed by atoms with Crippen molar-refractivity contribution in [3.8, 4) is 11.5 Å². The molecule has 0 saturated carbocycles. The van der Waals surface area contributed by atoms with Gasteiger partial charge in [0, 0.05) is 11.4 Å². The molecule has 1 aromatic carbocycles. The van der Waals surface area contributed by atoms with Crippen LogP contribution < -0.4 is 14.8 Å². The molecule has 0 spiro atoms. The molecule has 1 N–H and O–H groups in total. The lowest BCUT2D eigenvalue weighted by Crippen LogP contribution is -2.46. The van der Waals surface area contributed by atoms with E-state index in [0.29, 0.717) is 11.5 Å². The normalized spacial score (nSPS) is 18.7. The Kier molecular flexibility index (Phi) is 5.07. The summed E-state index contributed by atoms with van der Waals surface area (Å²) in [5, 5.41) is 3.90. The molecule has 2 rings (SSSR count). The van der Waals surface area contributed by atoms with Gasteiger partial charge in [-0.15, -0.1) is 0 Å². The molecule has 2 atom stereocenters. The lowest BCUT2D eigenvalue weighted by atomic mass is 10.2. The SMILES string of the molecule is CC(CCCBr)NC(=O)C1COc2ccccc2O1. The molecule has 1 aliphatic rings. The number of alkyl halides is 1. The zero-order valence-corrected chi connectivity index (χ0v) is 12.5. The van der Waals surface area contributed by atoms with E-state index in [1.165, 1.54) is 0 Å². The first-order valence-corrected chi connectivity index (χ1v) is 7.57. The van der Waals surface area contributed by atoms with Crippen molar-refractivity contribution in [2.24, 2.45) is 0 Å². The van der Waals surface area contributed by atoms with Crippen LogP contribution in [0.25, 0.3) is 0 Å². The van der Waals surface area contributed by atoms with E-state index in [1.807, 2.05) is 31.2 Å². The Bertz CT molecular complexity index is 438. The predicted molar refractivity (Wildman–Crippen MR) is 77.0 cm³/mol. The molecular formula is C14H18BrNO3. The van der Waals surface area contributed by atoms with E-state index in [0.717, 1.165) is 18.2 Å². The Hall–Kier alpha value is -1.23. The molecule has 0 bridgehead atoms. The molecule has 0 aromatic heterocycles. The van der Waals surface area contributed by atoms with Crippen molar-refractivity contribution in [1.29, 1.82) is 0 Å². The third-order valence-electron chi connectivity index (χ3n) is 2.96. The van der Waals surface area contributed by atoms with Crippen LogP contribution in [0.15, 0.2) is 24.3 Å². The van der Waals surface area contributed by atoms with Crippen LogP contribution in [0.3, 0.4) is 0 Å². The van der Waals surface area contributed by atoms with Crippen LogP contribution in [-0.2, 0) is 4.79 Å². The first kappa shape index (κ1) is 14.2. The minimum absolute atomic E-state index is 0.114. The van der Waals surface area contributed by atoms with E-state index in [2.05, 4.69) is 21.2 Å². The van der Waals surface area contributed by atoms with Gasteiger partial charge in [0.05, 0.1) is 0 Å². The van der Waals surface area contributed by atoms with Crippen molar-refractivity contribution < 1.29 is 14.3 Å². The first-order chi connectivity index (χ1) is 9.20. The van der Waals surface area contributed by atoms with Gasteiger partial charge in [0.25, 0.3) is 5.91 Å². The average Bonchev–Trinajstić information content (AvgIpc) is 2.44. The van der Waals surface area contributed by atoms with Crippen molar-refractivity contribution in [2.45, 2.75) is 31.9 Å². The van der Waals surface area contributed by atoms with Crippen molar-refractivity contribution in [2.75, 3.05) is 11.9 Å². The molecule has 1 heterocycles. The standard InChI is InChI=1S/C14H18BrNO3/c1-10(5-4-8-15)16-14(17)13-9-18-11-6-2-3-7-12(11)19-13/h2-3,6-7,10,13H,4-5,8-9H2,1H3,(H,16,17). The van der Waals surface area contributed by atoms with Gasteiger partial charge >= 0.3 is 0 Å². The quantitative estimate of drug-likeness (QED) is 0.845. The van der Waals surface area contributed by atoms with Crippen LogP contribution in [0.1, 0.15) is 19.8 Å². The number of rotatable bonds is 5. The fourth-order valence-electron chi connectivity index (χ4n) is 1.94. The van der Waals surface area contributed by atoms with Crippen LogP contribution in [0.4, 0.5) is 0 Å². The molecule has 0 radical (unpaired) electrons. The highest BCUT2D eigenvalue weighted by Gasteiger charge is 2.27. The summed E-state index contributed by atoms with van der Waals surface area (Å²) < 4.78 is 11.2. The van der Waals surface area contributed by atoms with E-state index in [9.17, 15) is 4.79 Å². The Morgan fingerprint density at radius 2 is 2.21 bits per heavy atom. The van der Waals surface area contributed by atoms with E-state index in [1.54, 1.807) is 0 Å². The summed E-state index contributed by atoms with van der Waals surface area (Å²) in [5.41, 5.74) is 0. The number of ether oxygens (including phenoxy) is 2. The molecule has 104 valence electrons. The van der Waals surface area contributed by atoms with Crippen molar-refractivity contribution >= 4 is 21.8 Å². The number of carbonyl (C=O) groups excluding carboxylic acids is 1. The third kappa shape index (κ3) is 3.86. The fourth-order valence-corrected chi connectivity index (χ4v) is 2.26. The highest BCUT2D eigenvalue weighted by atomic mass is 79.9. The van der Waals surface area contributed by atoms with E-state index in [4.69, 9.17) is 9.47 Å². The number of para-hydroxylation sites is 2. The minimum Gasteiger partial charge on any atom is -0.485 e. The molecule has 0 saturated heterocycles. The summed E-state index contributed by atoms with van der Waals surface area (Å²) in [6.45, 7) is 2.26. The number of carbonyl (C=O) groups is 1. The molecule has 4 nitrogen and oxygen atoms in total. The van der Waals surface area contributed by atoms with Gasteiger partial charge in [-0.25, -0.2) is 0 Å². The number of halogens is 1. The number of fused-ring (bicyclic) bond motifs is 1. The van der Waals surface area contributed by atoms with Crippen LogP contribution in [0, 0.1) is 0 Å². The van der Waals surface area contributed by atoms with Crippen LogP contribution in [0.2, 0.25) is 0 Å². The van der Waals surface area contributed by atoms with Crippen molar-refractivity contribution in [3.05, 3.63) is 24.3 Å². The smallest absolute Gasteiger partial charge is 0.264 e. The second-order valence-corrected chi connectivity index (χ2v) is 5.40. The zero-order valence-electron chi connectivity index (χ0n) is 10.9. The fraction of sp³-hybridized carbons (Fsp3) is 0.500. The average molecular weight is 328 g/mol. The van der Waals surface area contributed by atoms with Gasteiger partial charge in [0.15, 0.2) is 11.5 Å². The first-order valence-electron chi connectivity index (χ1n) is 6.45. The minimum atomic E-state index is -0.568. The highest BCUT2D eigenvalue weighted by Crippen LogP contribution is 2.30. The van der Waals surface area contributed by atoms with Crippen LogP contribution in [-0.4, -0.2) is 30.0 Å². The molecule has 0 fully saturated rings. The largest absolute Gasteiger partial charge is 0.485 e. The second kappa shape index (κ2) is 6.80. The van der Waals surface area contributed by atoms with Gasteiger partial charge in [0.2, 0.25) is 6.10 Å². The third-order valence-corrected chi connectivity index (χ3v) is 3.52. The zero-order chi connectivity index (χ0) is 13.7. The van der Waals surface area contributed by atoms with E-state index in [-0.39, 0.29) is 18.6 Å². The molecule has 1 aliphatic heterocycles. The maximum atomic E-state index is 12.1. The molecule has 5 heteroatoms. The number of nitrogens with one attached hydrogen (secondary N) is 1. The van der Waals surface area contributed by atoms with Gasteiger partial charge in [-0.2, -0.15) is 0 Å². The topological polar surface area (TPSA) is 47.6 Å². The maximum absolute atomic E-state index is 12.1. The van der Waals surface area contributed by atoms with Gasteiger partial charge in [-0.05, 0) is 31.9 Å².